The molecule has 9 heteroatoms. The van der Waals surface area contributed by atoms with E-state index in [0.29, 0.717) is 11.5 Å². The number of nitrogens with zero attached hydrogens (tertiary/aromatic N) is 4. The number of halogens is 1. The van der Waals surface area contributed by atoms with E-state index in [-0.39, 0.29) is 18.6 Å². The van der Waals surface area contributed by atoms with Gasteiger partial charge in [-0.05, 0) is 36.8 Å². The number of nitrogens with two attached hydrogens (primary N) is 1. The van der Waals surface area contributed by atoms with E-state index in [1.165, 1.54) is 36.7 Å². The highest BCUT2D eigenvalue weighted by Crippen LogP contribution is 2.26. The van der Waals surface area contributed by atoms with Gasteiger partial charge in [-0.25, -0.2) is 15.0 Å². The highest BCUT2D eigenvalue weighted by atomic mass is 19.1. The lowest BCUT2D eigenvalue weighted by Crippen LogP contribution is -2.14. The van der Waals surface area contributed by atoms with E-state index in [4.69, 9.17) is 10.5 Å². The van der Waals surface area contributed by atoms with E-state index >= 15 is 0 Å². The first-order valence-electron chi connectivity index (χ1n) is 7.83. The van der Waals surface area contributed by atoms with Crippen LogP contribution in [0.25, 0.3) is 0 Å². The average Bonchev–Trinajstić information content (AvgIpc) is 2.63. The summed E-state index contributed by atoms with van der Waals surface area (Å²) in [7, 11) is 0. The van der Waals surface area contributed by atoms with Crippen molar-refractivity contribution in [3.05, 3.63) is 66.0 Å². The maximum Gasteiger partial charge on any atom is 0.260 e. The minimum Gasteiger partial charge on any atom is -0.454 e. The van der Waals surface area contributed by atoms with Crippen LogP contribution in [0.15, 0.2) is 53.9 Å². The summed E-state index contributed by atoms with van der Waals surface area (Å²) in [5.74, 6) is -0.372. The maximum atomic E-state index is 13.2. The Morgan fingerprint density at radius 3 is 2.85 bits per heavy atom. The van der Waals surface area contributed by atoms with Gasteiger partial charge in [-0.1, -0.05) is 6.07 Å². The monoisotopic (exact) mass is 368 g/mol. The van der Waals surface area contributed by atoms with Crippen molar-refractivity contribution in [3.8, 4) is 11.5 Å². The molecule has 0 spiro atoms. The summed E-state index contributed by atoms with van der Waals surface area (Å²) in [6, 6.07) is 7.30. The molecule has 0 saturated carbocycles. The fraction of sp³-hybridized carbons (Fsp3) is 0.0556. The minimum absolute atomic E-state index is 0. The molecule has 138 valence electrons. The number of hydrogen-bond donors (Lipinski definition) is 2. The molecule has 0 bridgehead atoms. The Kier molecular flexibility index (Phi) is 5.31. The van der Waals surface area contributed by atoms with Gasteiger partial charge in [-0.2, -0.15) is 4.39 Å². The molecule has 3 N–H and O–H groups in total. The number of carbonyl (C=O) groups is 1. The van der Waals surface area contributed by atoms with Gasteiger partial charge in [0.15, 0.2) is 5.82 Å². The third kappa shape index (κ3) is 4.60. The Hall–Kier alpha value is -3.88. The van der Waals surface area contributed by atoms with E-state index in [1.54, 1.807) is 12.3 Å². The molecule has 3 aromatic rings. The fourth-order valence-corrected chi connectivity index (χ4v) is 2.22. The van der Waals surface area contributed by atoms with Crippen LogP contribution >= 0.6 is 0 Å². The predicted octanol–water partition coefficient (Wildman–Crippen LogP) is 3.23. The Balaban J connectivity index is 0.00000280. The van der Waals surface area contributed by atoms with Crippen molar-refractivity contribution in [2.45, 2.75) is 6.92 Å². The van der Waals surface area contributed by atoms with Crippen LogP contribution in [0.5, 0.6) is 11.5 Å². The van der Waals surface area contributed by atoms with Crippen LogP contribution in [-0.2, 0) is 0 Å². The van der Waals surface area contributed by atoms with Gasteiger partial charge < -0.3 is 15.8 Å². The quantitative estimate of drug-likeness (QED) is 0.406. The summed E-state index contributed by atoms with van der Waals surface area (Å²) in [5.41, 5.74) is 6.32. The lowest BCUT2D eigenvalue weighted by molar-refractivity contribution is 0.102. The molecule has 0 aliphatic rings. The first-order chi connectivity index (χ1) is 13.0. The molecule has 8 nitrogen and oxygen atoms in total. The normalized spacial score (nSPS) is 10.7. The van der Waals surface area contributed by atoms with Crippen LogP contribution in [0, 0.1) is 12.9 Å². The highest BCUT2D eigenvalue weighted by molar-refractivity contribution is 6.07. The van der Waals surface area contributed by atoms with Gasteiger partial charge in [0.25, 0.3) is 5.91 Å². The number of amides is 1. The Morgan fingerprint density at radius 1 is 1.30 bits per heavy atom. The zero-order chi connectivity index (χ0) is 19.2. The summed E-state index contributed by atoms with van der Waals surface area (Å²) >= 11 is 0. The van der Waals surface area contributed by atoms with E-state index in [9.17, 15) is 9.18 Å². The molecule has 3 aromatic heterocycles. The number of aromatic nitrogens is 3. The van der Waals surface area contributed by atoms with Gasteiger partial charge in [0, 0.05) is 7.62 Å². The van der Waals surface area contributed by atoms with Gasteiger partial charge in [-0.3, -0.25) is 9.78 Å². The van der Waals surface area contributed by atoms with Crippen molar-refractivity contribution in [1.82, 2.24) is 15.0 Å². The average molecular weight is 368 g/mol. The van der Waals surface area contributed by atoms with Crippen molar-refractivity contribution in [1.29, 1.82) is 0 Å². The zero-order valence-corrected chi connectivity index (χ0v) is 14.3. The van der Waals surface area contributed by atoms with Crippen molar-refractivity contribution >= 4 is 23.9 Å². The molecule has 0 unspecified atom stereocenters. The second kappa shape index (κ2) is 8.00. The molecule has 0 saturated heterocycles. The molecule has 3 heterocycles. The number of aryl methyl sites for hydroxylation is 1. The standard InChI is InChI=1S/C18H15FN6O2.H2/c1-11-5-12(8-21-7-11)27-13-6-14(17(22-9-13)23-10-20)18(26)25-16-4-2-3-15(19)24-16;/h2-10H,1H3,(H2,20,22,23)(H,24,25,26);1H. The minimum atomic E-state index is -0.713. The molecule has 0 atom stereocenters. The third-order valence-electron chi connectivity index (χ3n) is 3.33. The number of hydrogen-bond acceptors (Lipinski definition) is 6. The molecule has 0 radical (unpaired) electrons. The molecule has 0 aliphatic heterocycles. The second-order valence-electron chi connectivity index (χ2n) is 5.42. The number of ether oxygens (including phenoxy) is 1. The maximum absolute atomic E-state index is 13.2. The molecule has 1 amide bonds. The third-order valence-corrected chi connectivity index (χ3v) is 3.33. The van der Waals surface area contributed by atoms with E-state index in [1.807, 2.05) is 6.92 Å². The van der Waals surface area contributed by atoms with Gasteiger partial charge in [-0.15, -0.1) is 0 Å². The topological polar surface area (TPSA) is 115 Å². The number of pyridine rings is 3. The van der Waals surface area contributed by atoms with Crippen molar-refractivity contribution in [3.63, 3.8) is 0 Å². The van der Waals surface area contributed by atoms with Crippen molar-refractivity contribution in [2.24, 2.45) is 10.7 Å². The SMILES string of the molecule is Cc1cncc(Oc2cnc(/N=C\N)c(C(=O)Nc3cccc(F)n3)c2)c1.[HH]. The first-order valence-corrected chi connectivity index (χ1v) is 7.83. The van der Waals surface area contributed by atoms with Crippen LogP contribution < -0.4 is 15.8 Å². The number of nitrogens with one attached hydrogen (secondary N) is 1. The van der Waals surface area contributed by atoms with Crippen LogP contribution in [-0.4, -0.2) is 27.2 Å². The lowest BCUT2D eigenvalue weighted by Gasteiger charge is -2.10. The molecule has 0 fully saturated rings. The van der Waals surface area contributed by atoms with Crippen LogP contribution in [0.2, 0.25) is 0 Å². The molecular formula is C18H17FN6O2. The summed E-state index contributed by atoms with van der Waals surface area (Å²) in [6.07, 6.45) is 5.65. The largest absolute Gasteiger partial charge is 0.454 e. The molecule has 0 aliphatic carbocycles. The summed E-state index contributed by atoms with van der Waals surface area (Å²) < 4.78 is 18.9. The molecular weight excluding hydrogens is 351 g/mol. The van der Waals surface area contributed by atoms with Crippen LogP contribution in [0.4, 0.5) is 16.0 Å². The van der Waals surface area contributed by atoms with Gasteiger partial charge >= 0.3 is 0 Å². The molecule has 3 rings (SSSR count). The summed E-state index contributed by atoms with van der Waals surface area (Å²) in [6.45, 7) is 1.88. The first kappa shape index (κ1) is 17.9. The van der Waals surface area contributed by atoms with Gasteiger partial charge in [0.05, 0.1) is 24.3 Å². The van der Waals surface area contributed by atoms with Crippen molar-refractivity contribution in [2.75, 3.05) is 5.32 Å². The smallest absolute Gasteiger partial charge is 0.260 e. The summed E-state index contributed by atoms with van der Waals surface area (Å²) in [5, 5.41) is 2.49. The molecule has 27 heavy (non-hydrogen) atoms. The van der Waals surface area contributed by atoms with Gasteiger partial charge in [0.2, 0.25) is 5.95 Å². The Labute approximate surface area is 155 Å². The predicted molar refractivity (Wildman–Crippen MR) is 99.9 cm³/mol. The summed E-state index contributed by atoms with van der Waals surface area (Å²) in [4.78, 5) is 28.2. The molecule has 0 aromatic carbocycles. The van der Waals surface area contributed by atoms with Crippen LogP contribution in [0.1, 0.15) is 17.3 Å². The van der Waals surface area contributed by atoms with Crippen molar-refractivity contribution < 1.29 is 15.3 Å². The van der Waals surface area contributed by atoms with Crippen LogP contribution in [0.3, 0.4) is 0 Å². The lowest BCUT2D eigenvalue weighted by atomic mass is 10.2. The van der Waals surface area contributed by atoms with E-state index < -0.39 is 11.9 Å². The number of aliphatic imine (C=N–C) groups is 1. The number of carbonyl (C=O) groups excluding carboxylic acids is 1. The second-order valence-corrected chi connectivity index (χ2v) is 5.42. The number of rotatable bonds is 5. The zero-order valence-electron chi connectivity index (χ0n) is 14.3. The Bertz CT molecular complexity index is 1010. The van der Waals surface area contributed by atoms with E-state index in [0.717, 1.165) is 11.9 Å². The van der Waals surface area contributed by atoms with Gasteiger partial charge in [0.1, 0.15) is 17.3 Å². The Morgan fingerprint density at radius 2 is 2.11 bits per heavy atom. The fourth-order valence-electron chi connectivity index (χ4n) is 2.22. The van der Waals surface area contributed by atoms with E-state index in [2.05, 4.69) is 25.3 Å². The number of anilines is 1. The highest BCUT2D eigenvalue weighted by Gasteiger charge is 2.15.